The number of fused-ring (bicyclic) bond motifs is 1. The van der Waals surface area contributed by atoms with Crippen molar-refractivity contribution in [3.05, 3.63) is 59.7 Å². The summed E-state index contributed by atoms with van der Waals surface area (Å²) in [5.41, 5.74) is 1.87. The van der Waals surface area contributed by atoms with Crippen molar-refractivity contribution in [1.29, 1.82) is 0 Å². The molecule has 154 valence electrons. The first-order valence-electron chi connectivity index (χ1n) is 9.95. The van der Waals surface area contributed by atoms with Gasteiger partial charge in [-0.15, -0.1) is 0 Å². The van der Waals surface area contributed by atoms with Gasteiger partial charge in [0.1, 0.15) is 13.2 Å². The molecule has 0 unspecified atom stereocenters. The van der Waals surface area contributed by atoms with Gasteiger partial charge in [-0.25, -0.2) is 0 Å². The number of rotatable bonds is 7. The monoisotopic (exact) mass is 396 g/mol. The van der Waals surface area contributed by atoms with Crippen molar-refractivity contribution >= 4 is 11.8 Å². The highest BCUT2D eigenvalue weighted by atomic mass is 16.6. The fourth-order valence-electron chi connectivity index (χ4n) is 3.49. The molecule has 3 rings (SSSR count). The van der Waals surface area contributed by atoms with E-state index < -0.39 is 0 Å². The second-order valence-corrected chi connectivity index (χ2v) is 7.56. The molecule has 0 saturated heterocycles. The minimum absolute atomic E-state index is 0.124. The van der Waals surface area contributed by atoms with Gasteiger partial charge in [-0.3, -0.25) is 9.59 Å². The minimum atomic E-state index is -0.373. The minimum Gasteiger partial charge on any atom is -0.486 e. The normalized spacial score (nSPS) is 14.8. The highest BCUT2D eigenvalue weighted by Gasteiger charge is 2.24. The first-order chi connectivity index (χ1) is 13.9. The molecule has 2 amide bonds. The zero-order valence-corrected chi connectivity index (χ0v) is 17.1. The number of carbonyl (C=O) groups is 2. The molecule has 1 aliphatic rings. The summed E-state index contributed by atoms with van der Waals surface area (Å²) in [5.74, 6) is 1.32. The second-order valence-electron chi connectivity index (χ2n) is 7.56. The molecule has 1 aliphatic heterocycles. The number of amides is 2. The van der Waals surface area contributed by atoms with Crippen LogP contribution in [0.4, 0.5) is 0 Å². The summed E-state index contributed by atoms with van der Waals surface area (Å²) in [6.07, 6.45) is 0.164. The van der Waals surface area contributed by atoms with E-state index in [1.807, 2.05) is 48.5 Å². The van der Waals surface area contributed by atoms with Crippen molar-refractivity contribution in [2.75, 3.05) is 13.2 Å². The van der Waals surface area contributed by atoms with Crippen LogP contribution in [-0.2, 0) is 9.59 Å². The number of hydrogen-bond donors (Lipinski definition) is 2. The van der Waals surface area contributed by atoms with Crippen molar-refractivity contribution in [2.45, 2.75) is 39.3 Å². The molecule has 2 aromatic carbocycles. The largest absolute Gasteiger partial charge is 0.486 e. The molecule has 2 aromatic rings. The molecule has 29 heavy (non-hydrogen) atoms. The van der Waals surface area contributed by atoms with E-state index in [0.29, 0.717) is 19.0 Å². The van der Waals surface area contributed by atoms with E-state index in [4.69, 9.17) is 9.47 Å². The lowest BCUT2D eigenvalue weighted by Crippen LogP contribution is -2.36. The Morgan fingerprint density at radius 3 is 2.28 bits per heavy atom. The molecule has 0 aliphatic carbocycles. The highest BCUT2D eigenvalue weighted by molar-refractivity contribution is 5.79. The Labute approximate surface area is 171 Å². The Hall–Kier alpha value is -3.02. The van der Waals surface area contributed by atoms with Crippen LogP contribution in [0.15, 0.2) is 48.5 Å². The third-order valence-corrected chi connectivity index (χ3v) is 4.88. The summed E-state index contributed by atoms with van der Waals surface area (Å²) < 4.78 is 11.3. The molecule has 1 heterocycles. The van der Waals surface area contributed by atoms with Gasteiger partial charge < -0.3 is 20.1 Å². The van der Waals surface area contributed by atoms with Gasteiger partial charge >= 0.3 is 0 Å². The van der Waals surface area contributed by atoms with E-state index >= 15 is 0 Å². The van der Waals surface area contributed by atoms with Crippen LogP contribution in [0.25, 0.3) is 0 Å². The van der Waals surface area contributed by atoms with E-state index in [9.17, 15) is 9.59 Å². The molecule has 0 spiro atoms. The van der Waals surface area contributed by atoms with Crippen LogP contribution in [-0.4, -0.2) is 25.0 Å². The van der Waals surface area contributed by atoms with Gasteiger partial charge in [0.2, 0.25) is 11.8 Å². The predicted octanol–water partition coefficient (Wildman–Crippen LogP) is 3.54. The number of benzene rings is 2. The summed E-state index contributed by atoms with van der Waals surface area (Å²) in [6.45, 7) is 6.64. The average molecular weight is 396 g/mol. The summed E-state index contributed by atoms with van der Waals surface area (Å²) >= 11 is 0. The first kappa shape index (κ1) is 20.7. The Morgan fingerprint density at radius 1 is 0.931 bits per heavy atom. The third kappa shape index (κ3) is 5.50. The molecular weight excluding hydrogens is 368 g/mol. The summed E-state index contributed by atoms with van der Waals surface area (Å²) in [6, 6.07) is 14.8. The number of hydrogen-bond acceptors (Lipinski definition) is 4. The lowest BCUT2D eigenvalue weighted by molar-refractivity contribution is -0.123. The summed E-state index contributed by atoms with van der Waals surface area (Å²) in [5, 5.41) is 6.00. The van der Waals surface area contributed by atoms with Crippen molar-refractivity contribution in [2.24, 2.45) is 5.92 Å². The van der Waals surface area contributed by atoms with Crippen LogP contribution >= 0.6 is 0 Å². The maximum absolute atomic E-state index is 12.9. The topological polar surface area (TPSA) is 76.7 Å². The molecule has 0 bridgehead atoms. The van der Waals surface area contributed by atoms with Gasteiger partial charge in [0.25, 0.3) is 0 Å². The maximum Gasteiger partial charge on any atom is 0.222 e. The molecule has 0 fully saturated rings. The van der Waals surface area contributed by atoms with E-state index in [2.05, 4.69) is 24.5 Å². The smallest absolute Gasteiger partial charge is 0.222 e. The van der Waals surface area contributed by atoms with Gasteiger partial charge in [-0.1, -0.05) is 50.2 Å². The fraction of sp³-hybridized carbons (Fsp3) is 0.391. The summed E-state index contributed by atoms with van der Waals surface area (Å²) in [4.78, 5) is 24.5. The van der Waals surface area contributed by atoms with Crippen LogP contribution in [0, 0.1) is 5.92 Å². The zero-order valence-electron chi connectivity index (χ0n) is 17.1. The summed E-state index contributed by atoms with van der Waals surface area (Å²) in [7, 11) is 0. The Morgan fingerprint density at radius 2 is 1.62 bits per heavy atom. The van der Waals surface area contributed by atoms with Gasteiger partial charge in [-0.05, 0) is 29.2 Å². The second kappa shape index (κ2) is 9.45. The first-order valence-corrected chi connectivity index (χ1v) is 9.95. The van der Waals surface area contributed by atoms with Crippen molar-refractivity contribution in [1.82, 2.24) is 10.6 Å². The third-order valence-electron chi connectivity index (χ3n) is 4.88. The van der Waals surface area contributed by atoms with Crippen molar-refractivity contribution < 1.29 is 19.1 Å². The van der Waals surface area contributed by atoms with Gasteiger partial charge in [0.15, 0.2) is 11.5 Å². The molecule has 0 aromatic heterocycles. The van der Waals surface area contributed by atoms with E-state index in [0.717, 1.165) is 16.9 Å². The fourth-order valence-corrected chi connectivity index (χ4v) is 3.49. The highest BCUT2D eigenvalue weighted by Crippen LogP contribution is 2.34. The molecule has 6 heteroatoms. The number of ether oxygens (including phenoxy) is 2. The van der Waals surface area contributed by atoms with Crippen LogP contribution in [0.2, 0.25) is 0 Å². The standard InChI is InChI=1S/C23H28N2O4/c1-15(2)23(18-9-10-20-21(13-18)29-12-11-28-20)25-22(27)14-19(24-16(3)26)17-7-5-4-6-8-17/h4-10,13,15,19,23H,11-12,14H2,1-3H3,(H,24,26)(H,25,27)/t19-,23+/m0/s1. The van der Waals surface area contributed by atoms with Crippen LogP contribution in [0.3, 0.4) is 0 Å². The Kier molecular flexibility index (Phi) is 6.75. The van der Waals surface area contributed by atoms with Gasteiger partial charge in [0.05, 0.1) is 18.5 Å². The predicted molar refractivity (Wildman–Crippen MR) is 111 cm³/mol. The number of nitrogens with one attached hydrogen (secondary N) is 2. The van der Waals surface area contributed by atoms with Gasteiger partial charge in [0, 0.05) is 6.92 Å². The van der Waals surface area contributed by atoms with Crippen LogP contribution in [0.1, 0.15) is 50.4 Å². The maximum atomic E-state index is 12.9. The Balaban J connectivity index is 1.74. The lowest BCUT2D eigenvalue weighted by atomic mass is 9.94. The van der Waals surface area contributed by atoms with E-state index in [-0.39, 0.29) is 36.2 Å². The van der Waals surface area contributed by atoms with Crippen LogP contribution < -0.4 is 20.1 Å². The van der Waals surface area contributed by atoms with E-state index in [1.165, 1.54) is 6.92 Å². The molecular formula is C23H28N2O4. The molecule has 6 nitrogen and oxygen atoms in total. The van der Waals surface area contributed by atoms with Gasteiger partial charge in [-0.2, -0.15) is 0 Å². The molecule has 2 atom stereocenters. The zero-order chi connectivity index (χ0) is 20.8. The van der Waals surface area contributed by atoms with Crippen molar-refractivity contribution in [3.63, 3.8) is 0 Å². The van der Waals surface area contributed by atoms with E-state index in [1.54, 1.807) is 0 Å². The SMILES string of the molecule is CC(=O)N[C@@H](CC(=O)N[C@@H](c1ccc2c(c1)OCCO2)C(C)C)c1ccccc1. The molecule has 0 radical (unpaired) electrons. The average Bonchev–Trinajstić information content (AvgIpc) is 2.71. The Bertz CT molecular complexity index is 851. The van der Waals surface area contributed by atoms with Crippen LogP contribution in [0.5, 0.6) is 11.5 Å². The molecule has 2 N–H and O–H groups in total. The lowest BCUT2D eigenvalue weighted by Gasteiger charge is -2.26. The quantitative estimate of drug-likeness (QED) is 0.751. The molecule has 0 saturated carbocycles. The number of carbonyl (C=O) groups excluding carboxylic acids is 2. The van der Waals surface area contributed by atoms with Crippen molar-refractivity contribution in [3.8, 4) is 11.5 Å².